The average Bonchev–Trinajstić information content (AvgIpc) is 2.74. The molecule has 1 aliphatic heterocycles. The van der Waals surface area contributed by atoms with E-state index in [4.69, 9.17) is 4.74 Å². The van der Waals surface area contributed by atoms with Crippen molar-refractivity contribution in [2.45, 2.75) is 6.92 Å². The van der Waals surface area contributed by atoms with Gasteiger partial charge in [0, 0.05) is 38.8 Å². The summed E-state index contributed by atoms with van der Waals surface area (Å²) in [5.41, 5.74) is 1.86. The normalized spacial score (nSPS) is 14.1. The minimum Gasteiger partial charge on any atom is -0.492 e. The largest absolute Gasteiger partial charge is 0.492 e. The fourth-order valence-corrected chi connectivity index (χ4v) is 3.52. The number of nitrogens with zero attached hydrogens (tertiary/aromatic N) is 4. The number of piperazine rings is 1. The standard InChI is InChI=1S/C22H28N4O4/c1-18-6-5-7-19(16-18)30-15-14-23(2)17-22(27)25-12-10-24(11-13-25)20-8-3-4-9-21(20)26(28)29/h3-9,16H,10-15,17H2,1-2H3. The summed E-state index contributed by atoms with van der Waals surface area (Å²) in [7, 11) is 1.90. The number of nitro benzene ring substituents is 1. The van der Waals surface area contributed by atoms with Crippen molar-refractivity contribution < 1.29 is 14.5 Å². The third-order valence-electron chi connectivity index (χ3n) is 5.19. The number of benzene rings is 2. The number of likely N-dealkylation sites (N-methyl/N-ethyl adjacent to an activating group) is 1. The molecule has 160 valence electrons. The highest BCUT2D eigenvalue weighted by molar-refractivity contribution is 5.78. The summed E-state index contributed by atoms with van der Waals surface area (Å²) in [4.78, 5) is 29.3. The zero-order chi connectivity index (χ0) is 21.5. The zero-order valence-corrected chi connectivity index (χ0v) is 17.5. The molecule has 0 N–H and O–H groups in total. The van der Waals surface area contributed by atoms with Crippen molar-refractivity contribution in [1.82, 2.24) is 9.80 Å². The number of hydrogen-bond donors (Lipinski definition) is 0. The van der Waals surface area contributed by atoms with Gasteiger partial charge in [-0.1, -0.05) is 24.3 Å². The Hall–Kier alpha value is -3.13. The third kappa shape index (κ3) is 5.70. The molecular weight excluding hydrogens is 384 g/mol. The lowest BCUT2D eigenvalue weighted by molar-refractivity contribution is -0.384. The molecule has 2 aromatic rings. The Morgan fingerprint density at radius 1 is 1.13 bits per heavy atom. The van der Waals surface area contributed by atoms with Crippen LogP contribution in [0.25, 0.3) is 0 Å². The van der Waals surface area contributed by atoms with Gasteiger partial charge in [-0.05, 0) is 37.7 Å². The van der Waals surface area contributed by atoms with E-state index < -0.39 is 0 Å². The highest BCUT2D eigenvalue weighted by Gasteiger charge is 2.25. The molecule has 0 aromatic heterocycles. The fourth-order valence-electron chi connectivity index (χ4n) is 3.52. The smallest absolute Gasteiger partial charge is 0.292 e. The van der Waals surface area contributed by atoms with Gasteiger partial charge < -0.3 is 14.5 Å². The summed E-state index contributed by atoms with van der Waals surface area (Å²) in [6, 6.07) is 14.6. The predicted molar refractivity (Wildman–Crippen MR) is 116 cm³/mol. The van der Waals surface area contributed by atoms with Crippen molar-refractivity contribution in [3.05, 3.63) is 64.2 Å². The van der Waals surface area contributed by atoms with Crippen molar-refractivity contribution in [3.63, 3.8) is 0 Å². The lowest BCUT2D eigenvalue weighted by atomic mass is 10.2. The molecule has 1 heterocycles. The van der Waals surface area contributed by atoms with Gasteiger partial charge in [-0.15, -0.1) is 0 Å². The van der Waals surface area contributed by atoms with Gasteiger partial charge in [-0.2, -0.15) is 0 Å². The lowest BCUT2D eigenvalue weighted by Crippen LogP contribution is -2.51. The van der Waals surface area contributed by atoms with Crippen LogP contribution in [0.4, 0.5) is 11.4 Å². The number of anilines is 1. The molecule has 0 aliphatic carbocycles. The van der Waals surface area contributed by atoms with Gasteiger partial charge in [0.1, 0.15) is 18.0 Å². The Kier molecular flexibility index (Phi) is 7.24. The molecule has 0 unspecified atom stereocenters. The van der Waals surface area contributed by atoms with Crippen LogP contribution in [0.3, 0.4) is 0 Å². The zero-order valence-electron chi connectivity index (χ0n) is 17.5. The molecule has 2 aromatic carbocycles. The quantitative estimate of drug-likeness (QED) is 0.490. The van der Waals surface area contributed by atoms with E-state index in [0.717, 1.165) is 11.3 Å². The topological polar surface area (TPSA) is 79.2 Å². The van der Waals surface area contributed by atoms with Crippen molar-refractivity contribution >= 4 is 17.3 Å². The average molecular weight is 412 g/mol. The summed E-state index contributed by atoms with van der Waals surface area (Å²) in [5.74, 6) is 0.899. The minimum atomic E-state index is -0.360. The monoisotopic (exact) mass is 412 g/mol. The second-order valence-electron chi connectivity index (χ2n) is 7.52. The number of amides is 1. The SMILES string of the molecule is Cc1cccc(OCCN(C)CC(=O)N2CCN(c3ccccc3[N+](=O)[O-])CC2)c1. The van der Waals surface area contributed by atoms with Crippen LogP contribution in [0, 0.1) is 17.0 Å². The van der Waals surface area contributed by atoms with Crippen LogP contribution in [-0.2, 0) is 4.79 Å². The van der Waals surface area contributed by atoms with Crippen molar-refractivity contribution in [2.24, 2.45) is 0 Å². The van der Waals surface area contributed by atoms with Gasteiger partial charge in [0.15, 0.2) is 0 Å². The molecular formula is C22H28N4O4. The van der Waals surface area contributed by atoms with Gasteiger partial charge in [-0.25, -0.2) is 0 Å². The van der Waals surface area contributed by atoms with Crippen molar-refractivity contribution in [3.8, 4) is 5.75 Å². The first-order valence-corrected chi connectivity index (χ1v) is 10.1. The van der Waals surface area contributed by atoms with Crippen LogP contribution in [0.2, 0.25) is 0 Å². The molecule has 1 saturated heterocycles. The van der Waals surface area contributed by atoms with E-state index >= 15 is 0 Å². The molecule has 1 aliphatic rings. The molecule has 1 fully saturated rings. The number of carbonyl (C=O) groups is 1. The van der Waals surface area contributed by atoms with Gasteiger partial charge in [0.2, 0.25) is 5.91 Å². The van der Waals surface area contributed by atoms with Gasteiger partial charge in [-0.3, -0.25) is 19.8 Å². The Morgan fingerprint density at radius 3 is 2.57 bits per heavy atom. The maximum Gasteiger partial charge on any atom is 0.292 e. The number of nitro groups is 1. The van der Waals surface area contributed by atoms with E-state index in [1.54, 1.807) is 18.2 Å². The number of rotatable bonds is 8. The number of aryl methyl sites for hydroxylation is 1. The molecule has 1 amide bonds. The van der Waals surface area contributed by atoms with E-state index in [1.165, 1.54) is 6.07 Å². The minimum absolute atomic E-state index is 0.0651. The summed E-state index contributed by atoms with van der Waals surface area (Å²) in [5, 5.41) is 11.3. The molecule has 0 atom stereocenters. The van der Waals surface area contributed by atoms with Gasteiger partial charge in [0.05, 0.1) is 11.5 Å². The van der Waals surface area contributed by atoms with Crippen LogP contribution in [0.1, 0.15) is 5.56 Å². The maximum absolute atomic E-state index is 12.6. The molecule has 3 rings (SSSR count). The lowest BCUT2D eigenvalue weighted by Gasteiger charge is -2.36. The summed E-state index contributed by atoms with van der Waals surface area (Å²) >= 11 is 0. The molecule has 0 saturated carbocycles. The fraction of sp³-hybridized carbons (Fsp3) is 0.409. The maximum atomic E-state index is 12.6. The Bertz CT molecular complexity index is 881. The highest BCUT2D eigenvalue weighted by Crippen LogP contribution is 2.28. The van der Waals surface area contributed by atoms with E-state index in [9.17, 15) is 14.9 Å². The van der Waals surface area contributed by atoms with Gasteiger partial charge >= 0.3 is 0 Å². The number of carbonyl (C=O) groups excluding carboxylic acids is 1. The Balaban J connectivity index is 1.43. The van der Waals surface area contributed by atoms with Crippen molar-refractivity contribution in [2.75, 3.05) is 57.8 Å². The van der Waals surface area contributed by atoms with E-state index in [2.05, 4.69) is 0 Å². The van der Waals surface area contributed by atoms with Crippen molar-refractivity contribution in [1.29, 1.82) is 0 Å². The van der Waals surface area contributed by atoms with Crippen LogP contribution >= 0.6 is 0 Å². The molecule has 8 nitrogen and oxygen atoms in total. The van der Waals surface area contributed by atoms with Crippen LogP contribution in [-0.4, -0.2) is 73.6 Å². The predicted octanol–water partition coefficient (Wildman–Crippen LogP) is 2.56. The van der Waals surface area contributed by atoms with Crippen LogP contribution in [0.15, 0.2) is 48.5 Å². The molecule has 8 heteroatoms. The Labute approximate surface area is 176 Å². The van der Waals surface area contributed by atoms with Gasteiger partial charge in [0.25, 0.3) is 5.69 Å². The van der Waals surface area contributed by atoms with Crippen LogP contribution in [0.5, 0.6) is 5.75 Å². The second kappa shape index (κ2) is 10.1. The molecule has 0 spiro atoms. The number of para-hydroxylation sites is 2. The van der Waals surface area contributed by atoms with E-state index in [0.29, 0.717) is 51.6 Å². The number of ether oxygens (including phenoxy) is 1. The molecule has 30 heavy (non-hydrogen) atoms. The third-order valence-corrected chi connectivity index (χ3v) is 5.19. The first-order valence-electron chi connectivity index (χ1n) is 10.1. The second-order valence-corrected chi connectivity index (χ2v) is 7.52. The van der Waals surface area contributed by atoms with Crippen LogP contribution < -0.4 is 9.64 Å². The Morgan fingerprint density at radius 2 is 1.87 bits per heavy atom. The molecule has 0 radical (unpaired) electrons. The first-order chi connectivity index (χ1) is 14.4. The first kappa shape index (κ1) is 21.6. The summed E-state index contributed by atoms with van der Waals surface area (Å²) < 4.78 is 5.75. The molecule has 0 bridgehead atoms. The highest BCUT2D eigenvalue weighted by atomic mass is 16.6. The van der Waals surface area contributed by atoms with E-state index in [-0.39, 0.29) is 16.5 Å². The van der Waals surface area contributed by atoms with E-state index in [1.807, 2.05) is 52.9 Å². The summed E-state index contributed by atoms with van der Waals surface area (Å²) in [6.07, 6.45) is 0. The number of hydrogen-bond acceptors (Lipinski definition) is 6. The summed E-state index contributed by atoms with van der Waals surface area (Å²) in [6.45, 7) is 5.77.